The Morgan fingerprint density at radius 1 is 0.690 bits per heavy atom. The van der Waals surface area contributed by atoms with Gasteiger partial charge in [-0.25, -0.2) is 9.37 Å². The van der Waals surface area contributed by atoms with Crippen LogP contribution in [-0.2, 0) is 89.9 Å². The van der Waals surface area contributed by atoms with Gasteiger partial charge in [-0.05, 0) is 110 Å². The Morgan fingerprint density at radius 2 is 1.39 bits per heavy atom. The number of nitrogens with zero attached hydrogens (tertiary/aromatic N) is 2. The van der Waals surface area contributed by atoms with Crippen LogP contribution in [0.25, 0.3) is 21.8 Å². The van der Waals surface area contributed by atoms with E-state index in [9.17, 15) is 53.0 Å². The van der Waals surface area contributed by atoms with Crippen LogP contribution >= 0.6 is 23.5 Å². The van der Waals surface area contributed by atoms with Gasteiger partial charge in [0.1, 0.15) is 59.4 Å². The Hall–Kier alpha value is -10.3. The first kappa shape index (κ1) is 74.0. The number of aromatic hydroxyl groups is 1. The van der Waals surface area contributed by atoms with Gasteiger partial charge in [0.15, 0.2) is 0 Å². The molecule has 100 heavy (non-hydrogen) atoms. The predicted octanol–water partition coefficient (Wildman–Crippen LogP) is 2.04. The molecule has 1 saturated heterocycles. The predicted molar refractivity (Wildman–Crippen MR) is 372 cm³/mol. The number of imidazole rings is 1. The minimum Gasteiger partial charge on any atom is -0.508 e. The number of phenols is 1. The summed E-state index contributed by atoms with van der Waals surface area (Å²) in [5, 5.41) is 42.9. The summed E-state index contributed by atoms with van der Waals surface area (Å²) in [5.41, 5.74) is 13.9. The first-order chi connectivity index (χ1) is 48.0. The van der Waals surface area contributed by atoms with Crippen molar-refractivity contribution in [2.45, 2.75) is 137 Å². The maximum Gasteiger partial charge on any atom is 0.305 e. The summed E-state index contributed by atoms with van der Waals surface area (Å²) in [6, 6.07) is 14.2. The largest absolute Gasteiger partial charge is 0.508 e. The zero-order valence-corrected chi connectivity index (χ0v) is 56.5. The summed E-state index contributed by atoms with van der Waals surface area (Å²) >= 11 is 2.81. The average Bonchev–Trinajstić information content (AvgIpc) is 1.36. The Labute approximate surface area is 582 Å². The van der Waals surface area contributed by atoms with Gasteiger partial charge >= 0.3 is 5.97 Å². The zero-order valence-electron chi connectivity index (χ0n) is 54.9. The molecule has 17 N–H and O–H groups in total. The quantitative estimate of drug-likeness (QED) is 0.0653. The Bertz CT molecular complexity index is 4100. The van der Waals surface area contributed by atoms with E-state index in [1.807, 2.05) is 24.3 Å². The smallest absolute Gasteiger partial charge is 0.305 e. The van der Waals surface area contributed by atoms with Crippen LogP contribution in [-0.4, -0.2) is 179 Å². The highest BCUT2D eigenvalue weighted by Gasteiger charge is 2.43. The number of H-pyrrole nitrogens is 3. The number of hydrogen-bond acceptors (Lipinski definition) is 16. The first-order valence-corrected chi connectivity index (χ1v) is 35.1. The number of primary amides is 1. The van der Waals surface area contributed by atoms with E-state index in [1.54, 1.807) is 30.5 Å². The van der Waals surface area contributed by atoms with E-state index in [4.69, 9.17) is 11.5 Å². The molecule has 0 spiro atoms. The molecule has 10 amide bonds. The number of para-hydroxylation sites is 1. The number of fused-ring (bicyclic) bond motifs is 5. The van der Waals surface area contributed by atoms with E-state index >= 15 is 14.4 Å². The number of phenolic OH excluding ortho intramolecular Hbond substituents is 1. The number of rotatable bonds is 15. The number of unbranched alkanes of at least 4 members (excludes halogenated alkanes) is 1. The van der Waals surface area contributed by atoms with Gasteiger partial charge in [-0.2, -0.15) is 23.5 Å². The fourth-order valence-corrected chi connectivity index (χ4v) is 14.0. The van der Waals surface area contributed by atoms with Gasteiger partial charge in [-0.15, -0.1) is 0 Å². The van der Waals surface area contributed by atoms with E-state index in [0.717, 1.165) is 11.1 Å². The first-order valence-electron chi connectivity index (χ1n) is 32.7. The standard InChI is InChI=1S/C69H82FN15O13S2/c1-69(30-43-32-75-49-11-3-2-10-47(43)49)68(98)83-54(29-60(89)90)64(94)80-53(28-45-33-73-38-77-45)63(93)81-55(25-39-14-17-46(86)18-15-39)67(97)85-22-7-13-57(85)66(96)82-56(61(72)91)37-100-36-41-9-6-8-40(24-41)35-99-23-20-58(87)78-51(12-4-5-21-71)62(92)76-34-59(88)79-52(65(95)84-69)26-42-31-74-50-19-16-44(70)27-48(42)50/h2-3,6,8-11,14-19,24,27,31-33,38,51-57,74-75,86H,4-5,7,12-13,20-23,25-26,28-30,34-37,71H2,1H3,(H2,72,91)(H,73,77)(H,76,92)(H,78,87)(H,79,88)(H,80,94)(H,81,93)(H,82,96)(H,83,98)(H,84,95)(H,89,90)/t51-,52-,53-,54-,55-,56-,57-,69-/m0/s1. The maximum absolute atomic E-state index is 15.4. The van der Waals surface area contributed by atoms with Crippen LogP contribution in [0.2, 0.25) is 0 Å². The van der Waals surface area contributed by atoms with Gasteiger partial charge in [-0.1, -0.05) is 54.6 Å². The number of aromatic amines is 3. The third-order valence-corrected chi connectivity index (χ3v) is 19.5. The van der Waals surface area contributed by atoms with Crippen LogP contribution in [0, 0.1) is 5.82 Å². The zero-order chi connectivity index (χ0) is 71.5. The number of thioether (sulfide) groups is 2. The molecule has 0 unspecified atom stereocenters. The molecule has 3 aromatic heterocycles. The van der Waals surface area contributed by atoms with E-state index in [2.05, 4.69) is 62.5 Å². The minimum absolute atomic E-state index is 0.0254. The summed E-state index contributed by atoms with van der Waals surface area (Å²) < 4.78 is 14.9. The van der Waals surface area contributed by atoms with E-state index in [0.29, 0.717) is 81.6 Å². The second-order valence-electron chi connectivity index (χ2n) is 25.0. The summed E-state index contributed by atoms with van der Waals surface area (Å²) in [7, 11) is 0. The summed E-state index contributed by atoms with van der Waals surface area (Å²) in [6.45, 7) is 0.963. The molecule has 7 aromatic rings. The number of amides is 10. The topological polar surface area (TPSA) is 440 Å². The molecule has 31 heteroatoms. The molecule has 530 valence electrons. The van der Waals surface area contributed by atoms with Crippen molar-refractivity contribution in [3.63, 3.8) is 0 Å². The molecular weight excluding hydrogens is 1330 g/mol. The Balaban J connectivity index is 1.06. The number of carboxylic acid groups (broad SMARTS) is 1. The fraction of sp³-hybridized carbons (Fsp3) is 0.391. The lowest BCUT2D eigenvalue weighted by Gasteiger charge is -2.33. The van der Waals surface area contributed by atoms with E-state index < -0.39 is 132 Å². The SMILES string of the molecule is C[C@@]1(Cc2c[nH]c3ccccc23)NC(=O)[C@H](Cc2c[nH]c3ccc(F)cc23)NC(=O)CNC(=O)[C@H](CCCCN)NC(=O)CCSCc2cccc(c2)CSC[C@@H](C(N)=O)NC(=O)[C@@H]2CCCN2C(=O)[C@H](Cc2ccc(O)cc2)NC(=O)[C@H](Cc2c[nH]cn2)NC(=O)[C@H](CC(=O)O)NC1=O. The van der Waals surface area contributed by atoms with Crippen molar-refractivity contribution >= 4 is 110 Å². The molecule has 8 atom stereocenters. The Kier molecular flexibility index (Phi) is 25.9. The number of hydrogen-bond donors (Lipinski definition) is 15. The highest BCUT2D eigenvalue weighted by atomic mass is 32.2. The van der Waals surface area contributed by atoms with Crippen molar-refractivity contribution in [1.29, 1.82) is 0 Å². The molecule has 28 nitrogen and oxygen atoms in total. The van der Waals surface area contributed by atoms with Crippen molar-refractivity contribution in [3.8, 4) is 5.75 Å². The number of benzene rings is 4. The minimum atomic E-state index is -2.16. The molecule has 0 radical (unpaired) electrons. The maximum atomic E-state index is 15.4. The molecule has 0 aliphatic carbocycles. The molecule has 5 heterocycles. The fourth-order valence-electron chi connectivity index (χ4n) is 12.1. The van der Waals surface area contributed by atoms with Crippen molar-refractivity contribution in [1.82, 2.24) is 67.4 Å². The van der Waals surface area contributed by atoms with Gasteiger partial charge < -0.3 is 84.1 Å². The highest BCUT2D eigenvalue weighted by Crippen LogP contribution is 2.27. The van der Waals surface area contributed by atoms with Crippen LogP contribution in [0.5, 0.6) is 5.75 Å². The number of aliphatic carboxylic acids is 1. The van der Waals surface area contributed by atoms with Crippen LogP contribution in [0.3, 0.4) is 0 Å². The number of nitrogens with two attached hydrogens (primary N) is 2. The van der Waals surface area contributed by atoms with Crippen molar-refractivity contribution < 1.29 is 67.3 Å². The summed E-state index contributed by atoms with van der Waals surface area (Å²) in [5.74, 6) is -9.52. The molecule has 2 aliphatic rings. The lowest BCUT2D eigenvalue weighted by Crippen LogP contribution is -2.65. The van der Waals surface area contributed by atoms with Crippen molar-refractivity contribution in [2.24, 2.45) is 11.5 Å². The molecule has 9 rings (SSSR count). The average molecular weight is 1410 g/mol. The molecule has 2 aliphatic heterocycles. The number of carbonyl (C=O) groups is 11. The molecule has 4 aromatic carbocycles. The van der Waals surface area contributed by atoms with Crippen LogP contribution in [0.4, 0.5) is 4.39 Å². The number of halogens is 1. The number of nitrogens with one attached hydrogen (secondary N) is 11. The highest BCUT2D eigenvalue weighted by molar-refractivity contribution is 7.98. The van der Waals surface area contributed by atoms with Gasteiger partial charge in [0.05, 0.1) is 25.0 Å². The lowest BCUT2D eigenvalue weighted by molar-refractivity contribution is -0.143. The molecule has 2 bridgehead atoms. The second kappa shape index (κ2) is 35.0. The van der Waals surface area contributed by atoms with Gasteiger partial charge in [0.2, 0.25) is 59.1 Å². The van der Waals surface area contributed by atoms with Crippen LogP contribution in [0.1, 0.15) is 85.4 Å². The van der Waals surface area contributed by atoms with Gasteiger partial charge in [0.25, 0.3) is 0 Å². The summed E-state index contributed by atoms with van der Waals surface area (Å²) in [4.78, 5) is 172. The van der Waals surface area contributed by atoms with Crippen molar-refractivity contribution in [3.05, 3.63) is 155 Å². The van der Waals surface area contributed by atoms with Gasteiger partial charge in [-0.3, -0.25) is 52.7 Å². The second-order valence-corrected chi connectivity index (χ2v) is 27.1. The third-order valence-electron chi connectivity index (χ3n) is 17.3. The molecule has 1 fully saturated rings. The van der Waals surface area contributed by atoms with Crippen molar-refractivity contribution in [2.75, 3.05) is 31.1 Å². The monoisotopic (exact) mass is 1410 g/mol. The molecular formula is C69H82FN15O13S2. The molecule has 0 saturated carbocycles. The number of aromatic nitrogens is 4. The normalized spacial score (nSPS) is 22.8. The summed E-state index contributed by atoms with van der Waals surface area (Å²) in [6.07, 6.45) is 5.14. The lowest BCUT2D eigenvalue weighted by atomic mass is 9.90. The number of carbonyl (C=O) groups excluding carboxylic acids is 10. The Morgan fingerprint density at radius 3 is 2.12 bits per heavy atom. The third kappa shape index (κ3) is 20.4. The van der Waals surface area contributed by atoms with Crippen LogP contribution < -0.4 is 54.0 Å². The number of carboxylic acids is 1. The van der Waals surface area contributed by atoms with Crippen LogP contribution in [0.15, 0.2) is 116 Å². The van der Waals surface area contributed by atoms with E-state index in [1.165, 1.54) is 96.5 Å². The van der Waals surface area contributed by atoms with Gasteiger partial charge in [0, 0.05) is 102 Å². The van der Waals surface area contributed by atoms with E-state index in [-0.39, 0.29) is 68.7 Å².